The van der Waals surface area contributed by atoms with E-state index in [0.29, 0.717) is 24.3 Å². The predicted octanol–water partition coefficient (Wildman–Crippen LogP) is 5.47. The number of aliphatic hydroxyl groups excluding tert-OH is 1. The average Bonchev–Trinajstić information content (AvgIpc) is 2.96. The van der Waals surface area contributed by atoms with E-state index in [9.17, 15) is 27.2 Å². The van der Waals surface area contributed by atoms with Gasteiger partial charge >= 0.3 is 6.18 Å². The van der Waals surface area contributed by atoms with Crippen LogP contribution in [-0.2, 0) is 6.18 Å². The Morgan fingerprint density at radius 2 is 1.71 bits per heavy atom. The maximum absolute atomic E-state index is 13.9. The van der Waals surface area contributed by atoms with E-state index in [2.05, 4.69) is 10.3 Å². The molecule has 0 radical (unpaired) electrons. The van der Waals surface area contributed by atoms with Crippen molar-refractivity contribution in [2.75, 3.05) is 27.4 Å². The van der Waals surface area contributed by atoms with Crippen molar-refractivity contribution in [2.45, 2.75) is 38.4 Å². The summed E-state index contributed by atoms with van der Waals surface area (Å²) in [6, 6.07) is 8.51. The molecule has 2 aromatic carbocycles. The van der Waals surface area contributed by atoms with Gasteiger partial charge in [-0.3, -0.25) is 9.59 Å². The summed E-state index contributed by atoms with van der Waals surface area (Å²) in [5.74, 6) is -1.94. The fraction of sp³-hybridized carbons (Fsp3) is 0.345. The van der Waals surface area contributed by atoms with Gasteiger partial charge in [0.15, 0.2) is 11.5 Å². The Labute approximate surface area is 234 Å². The van der Waals surface area contributed by atoms with E-state index in [4.69, 9.17) is 19.3 Å². The topological polar surface area (TPSA) is 107 Å². The molecule has 8 nitrogen and oxygen atoms in total. The summed E-state index contributed by atoms with van der Waals surface area (Å²) in [5.41, 5.74) is -1.61. The Kier molecular flexibility index (Phi) is 10.6. The molecule has 0 aliphatic heterocycles. The number of ether oxygens (including phenoxy) is 3. The number of aliphatic hydroxyl groups is 1. The van der Waals surface area contributed by atoms with Crippen molar-refractivity contribution in [3.05, 3.63) is 71.2 Å². The lowest BCUT2D eigenvalue weighted by molar-refractivity contribution is -0.139. The molecule has 0 spiro atoms. The molecule has 12 heteroatoms. The number of rotatable bonds is 13. The Hall–Kier alpha value is -4.19. The van der Waals surface area contributed by atoms with Gasteiger partial charge in [-0.1, -0.05) is 19.8 Å². The van der Waals surface area contributed by atoms with Crippen LogP contribution in [0.15, 0.2) is 48.5 Å². The molecule has 0 bridgehead atoms. The molecule has 2 N–H and O–H groups in total. The highest BCUT2D eigenvalue weighted by atomic mass is 19.4. The number of nitrogens with zero attached hydrogens (tertiary/aromatic N) is 1. The number of hydrogen-bond donors (Lipinski definition) is 2. The monoisotopic (exact) mass is 578 g/mol. The van der Waals surface area contributed by atoms with Crippen LogP contribution in [0.25, 0.3) is 11.3 Å². The van der Waals surface area contributed by atoms with Crippen molar-refractivity contribution in [3.8, 4) is 28.5 Å². The molecule has 3 rings (SSSR count). The Bertz CT molecular complexity index is 1380. The van der Waals surface area contributed by atoms with Crippen LogP contribution in [-0.4, -0.2) is 55.3 Å². The molecule has 0 saturated carbocycles. The molecule has 41 heavy (non-hydrogen) atoms. The first-order chi connectivity index (χ1) is 19.5. The normalized spacial score (nSPS) is 12.0. The van der Waals surface area contributed by atoms with E-state index < -0.39 is 35.3 Å². The molecule has 0 fully saturated rings. The van der Waals surface area contributed by atoms with Crippen LogP contribution in [0.5, 0.6) is 17.2 Å². The predicted molar refractivity (Wildman–Crippen MR) is 142 cm³/mol. The molecule has 1 unspecified atom stereocenters. The maximum atomic E-state index is 13.9. The largest absolute Gasteiger partial charge is 0.494 e. The summed E-state index contributed by atoms with van der Waals surface area (Å²) < 4.78 is 69.8. The van der Waals surface area contributed by atoms with E-state index in [0.717, 1.165) is 12.5 Å². The lowest BCUT2D eigenvalue weighted by atomic mass is 10.0. The second kappa shape index (κ2) is 13.9. The van der Waals surface area contributed by atoms with Gasteiger partial charge in [0.05, 0.1) is 32.4 Å². The van der Waals surface area contributed by atoms with Gasteiger partial charge in [0.25, 0.3) is 5.91 Å². The number of benzene rings is 2. The fourth-order valence-electron chi connectivity index (χ4n) is 4.03. The standard InChI is InChI=1S/C29H30F4N2O6/c1-4-5-6-21(35-28(38)18-8-11-23(41-14-13-36)25(16-18)40-3)27(37)22-10-12-24(39-2)26(34-22)17-7-9-20(30)19(15-17)29(31,32)33/h7-12,15-16,21,36H,4-6,13-14H2,1-3H3,(H,35,38). The van der Waals surface area contributed by atoms with E-state index in [1.165, 1.54) is 44.6 Å². The number of hydrogen-bond acceptors (Lipinski definition) is 7. The van der Waals surface area contributed by atoms with Crippen LogP contribution in [0.3, 0.4) is 0 Å². The number of carbonyl (C=O) groups excluding carboxylic acids is 2. The van der Waals surface area contributed by atoms with Crippen LogP contribution in [0.1, 0.15) is 52.6 Å². The minimum Gasteiger partial charge on any atom is -0.494 e. The van der Waals surface area contributed by atoms with E-state index in [1.54, 1.807) is 0 Å². The number of pyridine rings is 1. The quantitative estimate of drug-likeness (QED) is 0.205. The highest BCUT2D eigenvalue weighted by Crippen LogP contribution is 2.36. The molecular weight excluding hydrogens is 548 g/mol. The smallest absolute Gasteiger partial charge is 0.419 e. The number of ketones is 1. The molecular formula is C29H30F4N2O6. The highest BCUT2D eigenvalue weighted by Gasteiger charge is 2.35. The summed E-state index contributed by atoms with van der Waals surface area (Å²) in [6.45, 7) is 1.73. The van der Waals surface area contributed by atoms with Gasteiger partial charge in [-0.05, 0) is 55.0 Å². The van der Waals surface area contributed by atoms with Gasteiger partial charge in [-0.25, -0.2) is 9.37 Å². The van der Waals surface area contributed by atoms with E-state index >= 15 is 0 Å². The van der Waals surface area contributed by atoms with Crippen molar-refractivity contribution in [3.63, 3.8) is 0 Å². The van der Waals surface area contributed by atoms with E-state index in [-0.39, 0.29) is 53.6 Å². The molecule has 220 valence electrons. The number of amides is 1. The van der Waals surface area contributed by atoms with Crippen LogP contribution in [0, 0.1) is 5.82 Å². The van der Waals surface area contributed by atoms with Crippen LogP contribution >= 0.6 is 0 Å². The number of alkyl halides is 3. The molecule has 1 heterocycles. The summed E-state index contributed by atoms with van der Waals surface area (Å²) >= 11 is 0. The molecule has 1 atom stereocenters. The number of nitrogens with one attached hydrogen (secondary N) is 1. The molecule has 0 aliphatic rings. The lowest BCUT2D eigenvalue weighted by Crippen LogP contribution is -2.41. The number of carbonyl (C=O) groups is 2. The average molecular weight is 579 g/mol. The molecule has 0 saturated heterocycles. The van der Waals surface area contributed by atoms with Gasteiger partial charge < -0.3 is 24.6 Å². The Morgan fingerprint density at radius 1 is 1.00 bits per heavy atom. The second-order valence-corrected chi connectivity index (χ2v) is 8.91. The van der Waals surface area contributed by atoms with Crippen molar-refractivity contribution >= 4 is 11.7 Å². The molecule has 1 amide bonds. The minimum absolute atomic E-state index is 0.0295. The number of Topliss-reactive ketones (excluding diaryl/α,β-unsaturated/α-hetero) is 1. The van der Waals surface area contributed by atoms with Gasteiger partial charge in [-0.15, -0.1) is 0 Å². The van der Waals surface area contributed by atoms with Crippen LogP contribution in [0.2, 0.25) is 0 Å². The Morgan fingerprint density at radius 3 is 2.34 bits per heavy atom. The maximum Gasteiger partial charge on any atom is 0.419 e. The van der Waals surface area contributed by atoms with Crippen molar-refractivity contribution in [1.29, 1.82) is 0 Å². The van der Waals surface area contributed by atoms with Crippen LogP contribution in [0.4, 0.5) is 17.6 Å². The van der Waals surface area contributed by atoms with E-state index in [1.807, 2.05) is 6.92 Å². The first kappa shape index (κ1) is 31.3. The third-order valence-corrected chi connectivity index (χ3v) is 6.12. The number of methoxy groups -OCH3 is 2. The minimum atomic E-state index is -4.94. The first-order valence-corrected chi connectivity index (χ1v) is 12.7. The number of halogens is 4. The van der Waals surface area contributed by atoms with Gasteiger partial charge in [0.1, 0.15) is 29.6 Å². The van der Waals surface area contributed by atoms with Gasteiger partial charge in [-0.2, -0.15) is 13.2 Å². The summed E-state index contributed by atoms with van der Waals surface area (Å²) in [7, 11) is 2.68. The Balaban J connectivity index is 1.94. The van der Waals surface area contributed by atoms with Crippen molar-refractivity contribution in [1.82, 2.24) is 10.3 Å². The highest BCUT2D eigenvalue weighted by molar-refractivity contribution is 6.03. The number of unbranched alkanes of at least 4 members (excludes halogenated alkanes) is 1. The molecule has 0 aliphatic carbocycles. The van der Waals surface area contributed by atoms with Crippen molar-refractivity contribution in [2.24, 2.45) is 0 Å². The zero-order valence-electron chi connectivity index (χ0n) is 22.7. The summed E-state index contributed by atoms with van der Waals surface area (Å²) in [4.78, 5) is 30.9. The lowest BCUT2D eigenvalue weighted by Gasteiger charge is -2.19. The zero-order chi connectivity index (χ0) is 30.2. The summed E-state index contributed by atoms with van der Waals surface area (Å²) in [5, 5.41) is 11.7. The van der Waals surface area contributed by atoms with Gasteiger partial charge in [0, 0.05) is 11.1 Å². The molecule has 1 aromatic heterocycles. The third-order valence-electron chi connectivity index (χ3n) is 6.12. The fourth-order valence-corrected chi connectivity index (χ4v) is 4.03. The van der Waals surface area contributed by atoms with Gasteiger partial charge in [0.2, 0.25) is 5.78 Å². The zero-order valence-corrected chi connectivity index (χ0v) is 22.7. The summed E-state index contributed by atoms with van der Waals surface area (Å²) in [6.07, 6.45) is -3.36. The second-order valence-electron chi connectivity index (χ2n) is 8.91. The first-order valence-electron chi connectivity index (χ1n) is 12.7. The number of aromatic nitrogens is 1. The van der Waals surface area contributed by atoms with Crippen molar-refractivity contribution < 1.29 is 46.5 Å². The third kappa shape index (κ3) is 7.72. The molecule has 3 aromatic rings. The van der Waals surface area contributed by atoms with Crippen LogP contribution < -0.4 is 19.5 Å². The SMILES string of the molecule is CCCCC(NC(=O)c1ccc(OCCO)c(OC)c1)C(=O)c1ccc(OC)c(-c2ccc(F)c(C(F)(F)F)c2)n1.